The van der Waals surface area contributed by atoms with Gasteiger partial charge in [-0.05, 0) is 13.0 Å². The lowest BCUT2D eigenvalue weighted by Gasteiger charge is -2.14. The Kier molecular flexibility index (Phi) is 3.96. The Morgan fingerprint density at radius 1 is 1.50 bits per heavy atom. The average Bonchev–Trinajstić information content (AvgIpc) is 2.75. The quantitative estimate of drug-likeness (QED) is 0.668. The molecular weight excluding hydrogens is 234 g/mol. The Morgan fingerprint density at radius 2 is 2.28 bits per heavy atom. The molecule has 1 heterocycles. The molecule has 5 heteroatoms. The zero-order chi connectivity index (χ0) is 13.1. The molecular formula is C13H17NO4. The standard InChI is InChI=1S/C13H17NO4/c1-8-9(3-2-4-11(8)15)12(16)5-14-10-6-18-7-13(10)17/h2-4,10,13-15,17H,5-7H2,1H3. The van der Waals surface area contributed by atoms with Gasteiger partial charge in [0.1, 0.15) is 5.75 Å². The van der Waals surface area contributed by atoms with Gasteiger partial charge in [-0.1, -0.05) is 12.1 Å². The third-order valence-electron chi connectivity index (χ3n) is 3.18. The Balaban J connectivity index is 1.97. The number of phenolic OH excluding ortho intramolecular Hbond substituents is 1. The number of hydrogen-bond donors (Lipinski definition) is 3. The largest absolute Gasteiger partial charge is 0.508 e. The minimum atomic E-state index is -0.567. The zero-order valence-corrected chi connectivity index (χ0v) is 10.2. The number of ether oxygens (including phenoxy) is 1. The fourth-order valence-corrected chi connectivity index (χ4v) is 1.98. The lowest BCUT2D eigenvalue weighted by Crippen LogP contribution is -2.41. The van der Waals surface area contributed by atoms with Crippen LogP contribution in [0.15, 0.2) is 18.2 Å². The van der Waals surface area contributed by atoms with Gasteiger partial charge < -0.3 is 20.3 Å². The van der Waals surface area contributed by atoms with Gasteiger partial charge in [-0.15, -0.1) is 0 Å². The number of aromatic hydroxyl groups is 1. The fraction of sp³-hybridized carbons (Fsp3) is 0.462. The number of rotatable bonds is 4. The van der Waals surface area contributed by atoms with Crippen LogP contribution in [0.2, 0.25) is 0 Å². The van der Waals surface area contributed by atoms with Crippen molar-refractivity contribution >= 4 is 5.78 Å². The number of nitrogens with one attached hydrogen (secondary N) is 1. The summed E-state index contributed by atoms with van der Waals surface area (Å²) >= 11 is 0. The number of phenols is 1. The summed E-state index contributed by atoms with van der Waals surface area (Å²) in [5.41, 5.74) is 1.07. The number of carbonyl (C=O) groups excluding carboxylic acids is 1. The minimum absolute atomic E-state index is 0.109. The summed E-state index contributed by atoms with van der Waals surface area (Å²) in [6.07, 6.45) is -0.567. The van der Waals surface area contributed by atoms with Gasteiger partial charge in [0.15, 0.2) is 5.78 Å². The third kappa shape index (κ3) is 2.69. The maximum Gasteiger partial charge on any atom is 0.177 e. The van der Waals surface area contributed by atoms with Crippen molar-refractivity contribution in [3.05, 3.63) is 29.3 Å². The van der Waals surface area contributed by atoms with Crippen molar-refractivity contribution in [2.24, 2.45) is 0 Å². The molecule has 2 atom stereocenters. The number of carbonyl (C=O) groups is 1. The third-order valence-corrected chi connectivity index (χ3v) is 3.18. The van der Waals surface area contributed by atoms with Crippen molar-refractivity contribution in [1.29, 1.82) is 0 Å². The van der Waals surface area contributed by atoms with Crippen molar-refractivity contribution in [1.82, 2.24) is 5.32 Å². The zero-order valence-electron chi connectivity index (χ0n) is 10.2. The smallest absolute Gasteiger partial charge is 0.177 e. The van der Waals surface area contributed by atoms with Crippen molar-refractivity contribution in [3.63, 3.8) is 0 Å². The number of hydrogen-bond acceptors (Lipinski definition) is 5. The number of Topliss-reactive ketones (excluding diaryl/α,β-unsaturated/α-hetero) is 1. The van der Waals surface area contributed by atoms with Gasteiger partial charge >= 0.3 is 0 Å². The van der Waals surface area contributed by atoms with Gasteiger partial charge in [-0.25, -0.2) is 0 Å². The van der Waals surface area contributed by atoms with Crippen molar-refractivity contribution in [2.75, 3.05) is 19.8 Å². The summed E-state index contributed by atoms with van der Waals surface area (Å²) in [5, 5.41) is 22.0. The van der Waals surface area contributed by atoms with E-state index in [1.807, 2.05) is 0 Å². The predicted octanol–water partition coefficient (Wildman–Crippen LogP) is 0.233. The molecule has 5 nitrogen and oxygen atoms in total. The van der Waals surface area contributed by atoms with Crippen molar-refractivity contribution in [3.8, 4) is 5.75 Å². The molecule has 1 aromatic carbocycles. The first kappa shape index (κ1) is 13.0. The summed E-state index contributed by atoms with van der Waals surface area (Å²) in [5.74, 6) is 0.00702. The maximum absolute atomic E-state index is 12.0. The lowest BCUT2D eigenvalue weighted by molar-refractivity contribution is 0.0972. The van der Waals surface area contributed by atoms with E-state index in [0.717, 1.165) is 0 Å². The molecule has 0 saturated carbocycles. The summed E-state index contributed by atoms with van der Waals surface area (Å²) < 4.78 is 5.09. The highest BCUT2D eigenvalue weighted by molar-refractivity contribution is 5.99. The first-order chi connectivity index (χ1) is 8.59. The Bertz CT molecular complexity index is 447. The van der Waals surface area contributed by atoms with Crippen LogP contribution in [-0.4, -0.2) is 47.9 Å². The summed E-state index contributed by atoms with van der Waals surface area (Å²) in [6.45, 7) is 2.54. The van der Waals surface area contributed by atoms with E-state index in [0.29, 0.717) is 24.3 Å². The highest BCUT2D eigenvalue weighted by atomic mass is 16.5. The predicted molar refractivity (Wildman–Crippen MR) is 65.8 cm³/mol. The second-order valence-corrected chi connectivity index (χ2v) is 4.47. The number of aliphatic hydroxyl groups excluding tert-OH is 1. The van der Waals surface area contributed by atoms with Crippen LogP contribution >= 0.6 is 0 Å². The molecule has 0 spiro atoms. The molecule has 0 radical (unpaired) electrons. The maximum atomic E-state index is 12.0. The van der Waals surface area contributed by atoms with Gasteiger partial charge in [0.2, 0.25) is 0 Å². The van der Waals surface area contributed by atoms with Crippen LogP contribution in [0.3, 0.4) is 0 Å². The van der Waals surface area contributed by atoms with E-state index >= 15 is 0 Å². The van der Waals surface area contributed by atoms with Crippen molar-refractivity contribution in [2.45, 2.75) is 19.1 Å². The van der Waals surface area contributed by atoms with E-state index in [1.165, 1.54) is 0 Å². The van der Waals surface area contributed by atoms with Crippen LogP contribution in [0.25, 0.3) is 0 Å². The molecule has 1 aromatic rings. The normalized spacial score (nSPS) is 23.2. The minimum Gasteiger partial charge on any atom is -0.508 e. The number of benzene rings is 1. The molecule has 98 valence electrons. The summed E-state index contributed by atoms with van der Waals surface area (Å²) in [4.78, 5) is 12.0. The molecule has 0 bridgehead atoms. The van der Waals surface area contributed by atoms with Crippen LogP contribution in [0, 0.1) is 6.92 Å². The molecule has 1 fully saturated rings. The van der Waals surface area contributed by atoms with E-state index in [2.05, 4.69) is 5.32 Å². The van der Waals surface area contributed by atoms with Gasteiger partial charge in [-0.2, -0.15) is 0 Å². The van der Waals surface area contributed by atoms with Crippen LogP contribution in [0.5, 0.6) is 5.75 Å². The second kappa shape index (κ2) is 5.48. The molecule has 1 aliphatic rings. The number of aliphatic hydroxyl groups is 1. The van der Waals surface area contributed by atoms with Crippen LogP contribution in [-0.2, 0) is 4.74 Å². The molecule has 2 rings (SSSR count). The molecule has 18 heavy (non-hydrogen) atoms. The Labute approximate surface area is 105 Å². The molecule has 0 aliphatic carbocycles. The first-order valence-corrected chi connectivity index (χ1v) is 5.90. The van der Waals surface area contributed by atoms with Gasteiger partial charge in [-0.3, -0.25) is 4.79 Å². The van der Waals surface area contributed by atoms with E-state index in [-0.39, 0.29) is 24.1 Å². The average molecular weight is 251 g/mol. The van der Waals surface area contributed by atoms with Gasteiger partial charge in [0.25, 0.3) is 0 Å². The number of ketones is 1. The lowest BCUT2D eigenvalue weighted by atomic mass is 10.0. The summed E-state index contributed by atoms with van der Waals surface area (Å²) in [6, 6.07) is 4.67. The first-order valence-electron chi connectivity index (χ1n) is 5.90. The SMILES string of the molecule is Cc1c(O)cccc1C(=O)CNC1COCC1O. The highest BCUT2D eigenvalue weighted by Crippen LogP contribution is 2.19. The highest BCUT2D eigenvalue weighted by Gasteiger charge is 2.26. The fourth-order valence-electron chi connectivity index (χ4n) is 1.98. The van der Waals surface area contributed by atoms with Gasteiger partial charge in [0.05, 0.1) is 31.9 Å². The molecule has 2 unspecified atom stereocenters. The van der Waals surface area contributed by atoms with Crippen LogP contribution < -0.4 is 5.32 Å². The van der Waals surface area contributed by atoms with E-state index in [4.69, 9.17) is 4.74 Å². The molecule has 1 aliphatic heterocycles. The Morgan fingerprint density at radius 3 is 2.94 bits per heavy atom. The molecule has 3 N–H and O–H groups in total. The van der Waals surface area contributed by atoms with E-state index in [9.17, 15) is 15.0 Å². The van der Waals surface area contributed by atoms with Crippen molar-refractivity contribution < 1.29 is 19.7 Å². The van der Waals surface area contributed by atoms with Crippen LogP contribution in [0.1, 0.15) is 15.9 Å². The second-order valence-electron chi connectivity index (χ2n) is 4.47. The van der Waals surface area contributed by atoms with E-state index in [1.54, 1.807) is 25.1 Å². The molecule has 0 amide bonds. The Hall–Kier alpha value is -1.43. The van der Waals surface area contributed by atoms with E-state index < -0.39 is 6.10 Å². The molecule has 1 saturated heterocycles. The molecule has 0 aromatic heterocycles. The monoisotopic (exact) mass is 251 g/mol. The van der Waals surface area contributed by atoms with Gasteiger partial charge in [0, 0.05) is 11.1 Å². The van der Waals surface area contributed by atoms with Crippen LogP contribution in [0.4, 0.5) is 0 Å². The topological polar surface area (TPSA) is 78.8 Å². The summed E-state index contributed by atoms with van der Waals surface area (Å²) in [7, 11) is 0.